The standard InChI is InChI=1S/C7H7Cl2I/c8-6-2-1-5(4-10)7(9)3-6/h1-2,7H,3-4H2. The van der Waals surface area contributed by atoms with E-state index in [0.717, 1.165) is 15.9 Å². The minimum atomic E-state index is 0.120. The van der Waals surface area contributed by atoms with E-state index in [4.69, 9.17) is 23.2 Å². The summed E-state index contributed by atoms with van der Waals surface area (Å²) in [6.07, 6.45) is 4.72. The van der Waals surface area contributed by atoms with Gasteiger partial charge in [0, 0.05) is 15.9 Å². The SMILES string of the molecule is ClC1=CC=C(CI)C(Cl)C1. The molecule has 1 aliphatic carbocycles. The van der Waals surface area contributed by atoms with Gasteiger partial charge in [0.05, 0.1) is 5.38 Å². The lowest BCUT2D eigenvalue weighted by atomic mass is 10.1. The molecule has 1 unspecified atom stereocenters. The summed E-state index contributed by atoms with van der Waals surface area (Å²) in [4.78, 5) is 0. The molecule has 10 heavy (non-hydrogen) atoms. The largest absolute Gasteiger partial charge is 0.118 e. The molecule has 0 fully saturated rings. The molecule has 0 aromatic carbocycles. The van der Waals surface area contributed by atoms with Gasteiger partial charge in [-0.3, -0.25) is 0 Å². The zero-order valence-electron chi connectivity index (χ0n) is 5.28. The Bertz CT molecular complexity index is 184. The van der Waals surface area contributed by atoms with Crippen molar-refractivity contribution in [2.24, 2.45) is 0 Å². The van der Waals surface area contributed by atoms with Crippen LogP contribution in [0, 0.1) is 0 Å². The topological polar surface area (TPSA) is 0 Å². The molecule has 0 nitrogen and oxygen atoms in total. The van der Waals surface area contributed by atoms with Crippen molar-refractivity contribution in [2.75, 3.05) is 4.43 Å². The van der Waals surface area contributed by atoms with E-state index in [0.29, 0.717) is 0 Å². The van der Waals surface area contributed by atoms with Crippen LogP contribution in [0.4, 0.5) is 0 Å². The Morgan fingerprint density at radius 3 is 2.80 bits per heavy atom. The van der Waals surface area contributed by atoms with E-state index in [1.807, 2.05) is 12.2 Å². The van der Waals surface area contributed by atoms with Gasteiger partial charge in [0.2, 0.25) is 0 Å². The second kappa shape index (κ2) is 3.98. The van der Waals surface area contributed by atoms with Crippen LogP contribution in [0.5, 0.6) is 0 Å². The molecule has 0 aliphatic heterocycles. The van der Waals surface area contributed by atoms with Crippen LogP contribution < -0.4 is 0 Å². The molecule has 0 N–H and O–H groups in total. The normalized spacial score (nSPS) is 25.7. The molecule has 1 rings (SSSR count). The van der Waals surface area contributed by atoms with Crippen molar-refractivity contribution >= 4 is 45.8 Å². The summed E-state index contributed by atoms with van der Waals surface area (Å²) >= 11 is 14.0. The highest BCUT2D eigenvalue weighted by Crippen LogP contribution is 2.26. The van der Waals surface area contributed by atoms with E-state index in [9.17, 15) is 0 Å². The summed E-state index contributed by atoms with van der Waals surface area (Å²) in [7, 11) is 0. The lowest BCUT2D eigenvalue weighted by molar-refractivity contribution is 0.964. The van der Waals surface area contributed by atoms with Gasteiger partial charge in [-0.1, -0.05) is 40.3 Å². The summed E-state index contributed by atoms with van der Waals surface area (Å²) < 4.78 is 0.993. The van der Waals surface area contributed by atoms with Gasteiger partial charge < -0.3 is 0 Å². The smallest absolute Gasteiger partial charge is 0.0604 e. The lowest BCUT2D eigenvalue weighted by Crippen LogP contribution is -2.07. The average Bonchev–Trinajstić information content (AvgIpc) is 1.88. The Morgan fingerprint density at radius 2 is 2.30 bits per heavy atom. The molecular weight excluding hydrogens is 282 g/mol. The Labute approximate surface area is 84.4 Å². The molecule has 0 amide bonds. The van der Waals surface area contributed by atoms with Gasteiger partial charge in [0.1, 0.15) is 0 Å². The van der Waals surface area contributed by atoms with Crippen LogP contribution in [0.3, 0.4) is 0 Å². The first-order chi connectivity index (χ1) is 4.74. The highest BCUT2D eigenvalue weighted by molar-refractivity contribution is 14.1. The first-order valence-electron chi connectivity index (χ1n) is 2.99. The van der Waals surface area contributed by atoms with Crippen molar-refractivity contribution < 1.29 is 0 Å². The van der Waals surface area contributed by atoms with Crippen molar-refractivity contribution in [3.63, 3.8) is 0 Å². The van der Waals surface area contributed by atoms with E-state index in [1.165, 1.54) is 5.57 Å². The lowest BCUT2D eigenvalue weighted by Gasteiger charge is -2.14. The Balaban J connectivity index is 2.71. The first-order valence-corrected chi connectivity index (χ1v) is 5.33. The molecule has 0 saturated heterocycles. The third kappa shape index (κ3) is 2.14. The van der Waals surface area contributed by atoms with Gasteiger partial charge in [-0.25, -0.2) is 0 Å². The fraction of sp³-hybridized carbons (Fsp3) is 0.429. The maximum Gasteiger partial charge on any atom is 0.0604 e. The molecule has 1 aliphatic rings. The van der Waals surface area contributed by atoms with E-state index >= 15 is 0 Å². The number of alkyl halides is 2. The van der Waals surface area contributed by atoms with Gasteiger partial charge in [-0.05, 0) is 11.6 Å². The summed E-state index contributed by atoms with van der Waals surface area (Å²) in [5.41, 5.74) is 1.27. The third-order valence-corrected chi connectivity index (χ3v) is 3.00. The van der Waals surface area contributed by atoms with Crippen LogP contribution in [0.1, 0.15) is 6.42 Å². The molecule has 0 aromatic heterocycles. The van der Waals surface area contributed by atoms with Crippen molar-refractivity contribution in [2.45, 2.75) is 11.8 Å². The number of allylic oxidation sites excluding steroid dienone is 4. The van der Waals surface area contributed by atoms with Gasteiger partial charge in [-0.2, -0.15) is 0 Å². The summed E-state index contributed by atoms with van der Waals surface area (Å²) in [6.45, 7) is 0. The predicted octanol–water partition coefficient (Wildman–Crippen LogP) is 3.48. The van der Waals surface area contributed by atoms with Crippen molar-refractivity contribution in [1.82, 2.24) is 0 Å². The van der Waals surface area contributed by atoms with E-state index in [-0.39, 0.29) is 5.38 Å². The monoisotopic (exact) mass is 288 g/mol. The van der Waals surface area contributed by atoms with Crippen LogP contribution in [0.15, 0.2) is 22.8 Å². The second-order valence-electron chi connectivity index (χ2n) is 2.16. The van der Waals surface area contributed by atoms with Crippen LogP contribution >= 0.6 is 45.8 Å². The van der Waals surface area contributed by atoms with Crippen molar-refractivity contribution in [3.8, 4) is 0 Å². The fourth-order valence-corrected chi connectivity index (χ4v) is 2.46. The minimum Gasteiger partial charge on any atom is -0.118 e. The number of hydrogen-bond donors (Lipinski definition) is 0. The van der Waals surface area contributed by atoms with E-state index in [1.54, 1.807) is 0 Å². The van der Waals surface area contributed by atoms with E-state index < -0.39 is 0 Å². The molecule has 0 aromatic rings. The number of rotatable bonds is 1. The highest BCUT2D eigenvalue weighted by Gasteiger charge is 2.14. The summed E-state index contributed by atoms with van der Waals surface area (Å²) in [5, 5.41) is 0.975. The van der Waals surface area contributed by atoms with Gasteiger partial charge in [0.25, 0.3) is 0 Å². The second-order valence-corrected chi connectivity index (χ2v) is 3.94. The molecular formula is C7H7Cl2I. The van der Waals surface area contributed by atoms with Gasteiger partial charge in [0.15, 0.2) is 0 Å². The maximum absolute atomic E-state index is 5.98. The number of hydrogen-bond acceptors (Lipinski definition) is 0. The Hall–Kier alpha value is 0.790. The molecule has 0 spiro atoms. The van der Waals surface area contributed by atoms with Crippen LogP contribution in [-0.4, -0.2) is 9.80 Å². The molecule has 3 heteroatoms. The Morgan fingerprint density at radius 1 is 1.60 bits per heavy atom. The van der Waals surface area contributed by atoms with Crippen LogP contribution in [-0.2, 0) is 0 Å². The molecule has 0 radical (unpaired) electrons. The predicted molar refractivity (Wildman–Crippen MR) is 55.2 cm³/mol. The van der Waals surface area contributed by atoms with Crippen LogP contribution in [0.2, 0.25) is 0 Å². The zero-order valence-corrected chi connectivity index (χ0v) is 8.95. The zero-order chi connectivity index (χ0) is 7.56. The first kappa shape index (κ1) is 8.88. The van der Waals surface area contributed by atoms with Crippen LogP contribution in [0.25, 0.3) is 0 Å². The molecule has 1 atom stereocenters. The third-order valence-electron chi connectivity index (χ3n) is 1.41. The number of halogens is 3. The molecule has 0 saturated carbocycles. The minimum absolute atomic E-state index is 0.120. The van der Waals surface area contributed by atoms with E-state index in [2.05, 4.69) is 22.6 Å². The summed E-state index contributed by atoms with van der Waals surface area (Å²) in [5.74, 6) is 0. The van der Waals surface area contributed by atoms with Gasteiger partial charge in [-0.15, -0.1) is 11.6 Å². The fourth-order valence-electron chi connectivity index (χ4n) is 0.800. The molecule has 0 heterocycles. The average molecular weight is 289 g/mol. The maximum atomic E-state index is 5.98. The quantitative estimate of drug-likeness (QED) is 0.512. The molecule has 56 valence electrons. The Kier molecular flexibility index (Phi) is 3.53. The van der Waals surface area contributed by atoms with Crippen molar-refractivity contribution in [3.05, 3.63) is 22.8 Å². The summed E-state index contributed by atoms with van der Waals surface area (Å²) in [6, 6.07) is 0. The van der Waals surface area contributed by atoms with Gasteiger partial charge >= 0.3 is 0 Å². The van der Waals surface area contributed by atoms with Crippen molar-refractivity contribution in [1.29, 1.82) is 0 Å². The molecule has 0 bridgehead atoms. The highest BCUT2D eigenvalue weighted by atomic mass is 127.